The standard InChI is InChI=1S/C30H32N4O4S/c1-33(21-28(35)32-24-12-14-26(15-13-24)38-25-9-3-2-4-10-25)17-7-18-34(22-29-31-16-19-39-29)20-23-8-5-6-11-27(23)30(36)37/h2-6,8-16,19H,7,17-18,20-22H2,1H3,(H,32,35)(H,36,37). The lowest BCUT2D eigenvalue weighted by Crippen LogP contribution is -2.33. The second-order valence-electron chi connectivity index (χ2n) is 9.18. The lowest BCUT2D eigenvalue weighted by Gasteiger charge is -2.24. The largest absolute Gasteiger partial charge is 0.478 e. The first-order valence-electron chi connectivity index (χ1n) is 12.7. The second kappa shape index (κ2) is 14.2. The van der Waals surface area contributed by atoms with Gasteiger partial charge in [0.05, 0.1) is 18.7 Å². The molecule has 2 N–H and O–H groups in total. The van der Waals surface area contributed by atoms with E-state index in [9.17, 15) is 14.7 Å². The maximum atomic E-state index is 12.6. The summed E-state index contributed by atoms with van der Waals surface area (Å²) < 4.78 is 5.80. The number of nitrogens with one attached hydrogen (secondary N) is 1. The fourth-order valence-corrected chi connectivity index (χ4v) is 4.82. The predicted octanol–water partition coefficient (Wildman–Crippen LogP) is 5.60. The number of amides is 1. The number of thiazole rings is 1. The van der Waals surface area contributed by atoms with Crippen LogP contribution in [0, 0.1) is 0 Å². The maximum absolute atomic E-state index is 12.6. The first kappa shape index (κ1) is 28.0. The molecule has 1 amide bonds. The van der Waals surface area contributed by atoms with Crippen molar-refractivity contribution in [2.75, 3.05) is 32.0 Å². The number of hydrogen-bond donors (Lipinski definition) is 2. The van der Waals surface area contributed by atoms with Crippen molar-refractivity contribution < 1.29 is 19.4 Å². The summed E-state index contributed by atoms with van der Waals surface area (Å²) in [6, 6.07) is 23.9. The predicted molar refractivity (Wildman–Crippen MR) is 153 cm³/mol. The molecule has 9 heteroatoms. The summed E-state index contributed by atoms with van der Waals surface area (Å²) in [5.41, 5.74) is 1.80. The highest BCUT2D eigenvalue weighted by atomic mass is 32.1. The number of hydrogen-bond acceptors (Lipinski definition) is 7. The molecule has 0 aliphatic carbocycles. The summed E-state index contributed by atoms with van der Waals surface area (Å²) in [6.07, 6.45) is 2.59. The zero-order valence-corrected chi connectivity index (χ0v) is 22.6. The molecule has 1 aromatic heterocycles. The van der Waals surface area contributed by atoms with Gasteiger partial charge >= 0.3 is 5.97 Å². The molecule has 0 spiro atoms. The summed E-state index contributed by atoms with van der Waals surface area (Å²) in [6.45, 7) is 2.86. The van der Waals surface area contributed by atoms with Crippen LogP contribution in [-0.2, 0) is 17.9 Å². The van der Waals surface area contributed by atoms with Crippen molar-refractivity contribution in [1.29, 1.82) is 0 Å². The molecule has 0 saturated carbocycles. The Kier molecular flexibility index (Phi) is 10.2. The van der Waals surface area contributed by atoms with Gasteiger partial charge in [-0.1, -0.05) is 36.4 Å². The van der Waals surface area contributed by atoms with Crippen LogP contribution in [0.25, 0.3) is 0 Å². The number of benzene rings is 3. The van der Waals surface area contributed by atoms with E-state index >= 15 is 0 Å². The van der Waals surface area contributed by atoms with Crippen LogP contribution in [0.15, 0.2) is 90.4 Å². The summed E-state index contributed by atoms with van der Waals surface area (Å²) in [7, 11) is 1.92. The summed E-state index contributed by atoms with van der Waals surface area (Å²) in [5.74, 6) is 0.435. The molecule has 3 aromatic carbocycles. The van der Waals surface area contributed by atoms with E-state index in [-0.39, 0.29) is 12.5 Å². The van der Waals surface area contributed by atoms with Gasteiger partial charge in [0.25, 0.3) is 0 Å². The molecule has 0 bridgehead atoms. The van der Waals surface area contributed by atoms with E-state index in [1.54, 1.807) is 29.7 Å². The van der Waals surface area contributed by atoms with Gasteiger partial charge in [-0.3, -0.25) is 14.6 Å². The third-order valence-electron chi connectivity index (χ3n) is 6.03. The van der Waals surface area contributed by atoms with Crippen molar-refractivity contribution in [1.82, 2.24) is 14.8 Å². The van der Waals surface area contributed by atoms with Gasteiger partial charge in [0, 0.05) is 30.4 Å². The monoisotopic (exact) mass is 544 g/mol. The quantitative estimate of drug-likeness (QED) is 0.213. The molecule has 0 atom stereocenters. The molecule has 0 fully saturated rings. The van der Waals surface area contributed by atoms with Crippen LogP contribution < -0.4 is 10.1 Å². The Balaban J connectivity index is 1.25. The number of anilines is 1. The SMILES string of the molecule is CN(CCCN(Cc1nccs1)Cc1ccccc1C(=O)O)CC(=O)Nc1ccc(Oc2ccccc2)cc1. The van der Waals surface area contributed by atoms with Crippen LogP contribution in [0.5, 0.6) is 11.5 Å². The fraction of sp³-hybridized carbons (Fsp3) is 0.233. The van der Waals surface area contributed by atoms with E-state index in [0.29, 0.717) is 36.6 Å². The van der Waals surface area contributed by atoms with E-state index in [2.05, 4.69) is 15.2 Å². The number of ether oxygens (including phenoxy) is 1. The van der Waals surface area contributed by atoms with Crippen LogP contribution in [0.3, 0.4) is 0 Å². The number of aromatic carboxylic acids is 1. The fourth-order valence-electron chi connectivity index (χ4n) is 4.16. The molecule has 1 heterocycles. The van der Waals surface area contributed by atoms with Crippen molar-refractivity contribution in [3.63, 3.8) is 0 Å². The highest BCUT2D eigenvalue weighted by Crippen LogP contribution is 2.22. The average Bonchev–Trinajstić information content (AvgIpc) is 3.43. The van der Waals surface area contributed by atoms with Gasteiger partial charge in [-0.15, -0.1) is 11.3 Å². The smallest absolute Gasteiger partial charge is 0.336 e. The van der Waals surface area contributed by atoms with Gasteiger partial charge < -0.3 is 15.2 Å². The third kappa shape index (κ3) is 9.03. The van der Waals surface area contributed by atoms with Crippen molar-refractivity contribution >= 4 is 28.9 Å². The number of nitrogens with zero attached hydrogens (tertiary/aromatic N) is 3. The van der Waals surface area contributed by atoms with Gasteiger partial charge in [0.1, 0.15) is 16.5 Å². The van der Waals surface area contributed by atoms with Crippen molar-refractivity contribution in [2.24, 2.45) is 0 Å². The zero-order chi connectivity index (χ0) is 27.5. The Bertz CT molecular complexity index is 1330. The van der Waals surface area contributed by atoms with E-state index < -0.39 is 5.97 Å². The van der Waals surface area contributed by atoms with Crippen LogP contribution >= 0.6 is 11.3 Å². The minimum absolute atomic E-state index is 0.0933. The van der Waals surface area contributed by atoms with Crippen LogP contribution in [0.2, 0.25) is 0 Å². The van der Waals surface area contributed by atoms with Gasteiger partial charge in [-0.05, 0) is 68.0 Å². The normalized spacial score (nSPS) is 11.1. The molecule has 0 aliphatic heterocycles. The van der Waals surface area contributed by atoms with E-state index in [0.717, 1.165) is 29.3 Å². The van der Waals surface area contributed by atoms with Gasteiger partial charge in [0.2, 0.25) is 5.91 Å². The molecule has 202 valence electrons. The lowest BCUT2D eigenvalue weighted by molar-refractivity contribution is -0.117. The first-order valence-corrected chi connectivity index (χ1v) is 13.6. The van der Waals surface area contributed by atoms with E-state index in [1.807, 2.05) is 84.1 Å². The number of rotatable bonds is 14. The molecular weight excluding hydrogens is 512 g/mol. The number of carboxylic acids is 1. The molecule has 0 aliphatic rings. The topological polar surface area (TPSA) is 95.0 Å². The van der Waals surface area contributed by atoms with Crippen LogP contribution in [0.1, 0.15) is 27.3 Å². The van der Waals surface area contributed by atoms with E-state index in [4.69, 9.17) is 4.74 Å². The number of carboxylic acid groups (broad SMARTS) is 1. The average molecular weight is 545 g/mol. The Morgan fingerprint density at radius 3 is 2.36 bits per heavy atom. The van der Waals surface area contributed by atoms with Gasteiger partial charge in [-0.25, -0.2) is 9.78 Å². The van der Waals surface area contributed by atoms with Crippen molar-refractivity contribution in [2.45, 2.75) is 19.5 Å². The Morgan fingerprint density at radius 1 is 0.923 bits per heavy atom. The van der Waals surface area contributed by atoms with Gasteiger partial charge in [0.15, 0.2) is 0 Å². The van der Waals surface area contributed by atoms with E-state index in [1.165, 1.54) is 0 Å². The van der Waals surface area contributed by atoms with Crippen molar-refractivity contribution in [3.05, 3.63) is 107 Å². The molecule has 0 saturated heterocycles. The molecule has 8 nitrogen and oxygen atoms in total. The number of aromatic nitrogens is 1. The Labute approximate surface area is 232 Å². The lowest BCUT2D eigenvalue weighted by atomic mass is 10.1. The first-order chi connectivity index (χ1) is 19.0. The number of para-hydroxylation sites is 1. The number of carbonyl (C=O) groups is 2. The maximum Gasteiger partial charge on any atom is 0.336 e. The molecule has 0 unspecified atom stereocenters. The van der Waals surface area contributed by atoms with Crippen LogP contribution in [0.4, 0.5) is 5.69 Å². The number of likely N-dealkylation sites (N-methyl/N-ethyl adjacent to an activating group) is 1. The molecule has 39 heavy (non-hydrogen) atoms. The minimum Gasteiger partial charge on any atom is -0.478 e. The second-order valence-corrected chi connectivity index (χ2v) is 10.2. The molecule has 4 rings (SSSR count). The zero-order valence-electron chi connectivity index (χ0n) is 21.8. The molecule has 0 radical (unpaired) electrons. The van der Waals surface area contributed by atoms with Gasteiger partial charge in [-0.2, -0.15) is 0 Å². The highest BCUT2D eigenvalue weighted by Gasteiger charge is 2.15. The highest BCUT2D eigenvalue weighted by molar-refractivity contribution is 7.09. The summed E-state index contributed by atoms with van der Waals surface area (Å²) in [4.78, 5) is 32.8. The molecule has 4 aromatic rings. The number of carbonyl (C=O) groups excluding carboxylic acids is 1. The molecular formula is C30H32N4O4S. The van der Waals surface area contributed by atoms with Crippen molar-refractivity contribution in [3.8, 4) is 11.5 Å². The summed E-state index contributed by atoms with van der Waals surface area (Å²) in [5, 5.41) is 15.4. The third-order valence-corrected chi connectivity index (χ3v) is 6.79. The Morgan fingerprint density at radius 2 is 1.64 bits per heavy atom. The summed E-state index contributed by atoms with van der Waals surface area (Å²) >= 11 is 1.58. The van der Waals surface area contributed by atoms with Crippen LogP contribution in [-0.4, -0.2) is 58.4 Å². The Hall–Kier alpha value is -4.05. The minimum atomic E-state index is -0.927.